The zero-order chi connectivity index (χ0) is 18.5. The molecule has 8 heteroatoms. The summed E-state index contributed by atoms with van der Waals surface area (Å²) in [5.41, 5.74) is 2.56. The number of nitrogens with zero attached hydrogens (tertiary/aromatic N) is 4. The molecule has 7 nitrogen and oxygen atoms in total. The van der Waals surface area contributed by atoms with E-state index in [2.05, 4.69) is 41.9 Å². The van der Waals surface area contributed by atoms with E-state index in [4.69, 9.17) is 0 Å². The highest BCUT2D eigenvalue weighted by Gasteiger charge is 2.07. The lowest BCUT2D eigenvalue weighted by Gasteiger charge is -2.08. The molecule has 0 atom stereocenters. The summed E-state index contributed by atoms with van der Waals surface area (Å²) in [6, 6.07) is 13.0. The van der Waals surface area contributed by atoms with Gasteiger partial charge in [0.25, 0.3) is 5.91 Å². The average molecular weight is 415 g/mol. The van der Waals surface area contributed by atoms with Gasteiger partial charge in [0.05, 0.1) is 5.69 Å². The average Bonchev–Trinajstić information content (AvgIpc) is 2.97. The van der Waals surface area contributed by atoms with Crippen LogP contribution in [-0.2, 0) is 0 Å². The lowest BCUT2D eigenvalue weighted by atomic mass is 10.2. The molecule has 0 aliphatic heterocycles. The van der Waals surface area contributed by atoms with Crippen LogP contribution in [-0.4, -0.2) is 39.0 Å². The van der Waals surface area contributed by atoms with Crippen LogP contribution in [0.3, 0.4) is 0 Å². The summed E-state index contributed by atoms with van der Waals surface area (Å²) < 4.78 is 2.63. The fraction of sp³-hybridized carbons (Fsp3) is 0.222. The van der Waals surface area contributed by atoms with Gasteiger partial charge in [0.1, 0.15) is 5.82 Å². The summed E-state index contributed by atoms with van der Waals surface area (Å²) in [5.74, 6) is 1.20. The molecule has 26 heavy (non-hydrogen) atoms. The second-order valence-corrected chi connectivity index (χ2v) is 6.72. The molecule has 0 aliphatic carbocycles. The molecule has 2 N–H and O–H groups in total. The van der Waals surface area contributed by atoms with Crippen LogP contribution >= 0.6 is 15.9 Å². The highest BCUT2D eigenvalue weighted by atomic mass is 79.9. The molecule has 0 bridgehead atoms. The second-order valence-electron chi connectivity index (χ2n) is 5.81. The number of amides is 1. The molecule has 1 amide bonds. The summed E-state index contributed by atoms with van der Waals surface area (Å²) >= 11 is 3.36. The van der Waals surface area contributed by atoms with Crippen molar-refractivity contribution in [3.05, 3.63) is 63.9 Å². The molecule has 3 aromatic rings. The smallest absolute Gasteiger partial charge is 0.251 e. The fourth-order valence-corrected chi connectivity index (χ4v) is 2.89. The molecule has 134 valence electrons. The highest BCUT2D eigenvalue weighted by molar-refractivity contribution is 9.10. The lowest BCUT2D eigenvalue weighted by molar-refractivity contribution is 0.0955. The minimum atomic E-state index is -0.112. The Labute approximate surface area is 160 Å². The molecule has 3 rings (SSSR count). The van der Waals surface area contributed by atoms with Gasteiger partial charge in [-0.05, 0) is 50.2 Å². The van der Waals surface area contributed by atoms with Crippen LogP contribution in [0.25, 0.3) is 5.82 Å². The first-order chi connectivity index (χ1) is 12.5. The number of aromatic nitrogens is 4. The van der Waals surface area contributed by atoms with E-state index in [9.17, 15) is 4.79 Å². The predicted molar refractivity (Wildman–Crippen MR) is 104 cm³/mol. The van der Waals surface area contributed by atoms with Gasteiger partial charge in [-0.15, -0.1) is 10.2 Å². The van der Waals surface area contributed by atoms with Gasteiger partial charge in [0, 0.05) is 28.8 Å². The first-order valence-electron chi connectivity index (χ1n) is 8.18. The van der Waals surface area contributed by atoms with E-state index in [1.165, 1.54) is 0 Å². The van der Waals surface area contributed by atoms with E-state index in [0.717, 1.165) is 15.9 Å². The molecule has 1 aromatic carbocycles. The Morgan fingerprint density at radius 2 is 1.96 bits per heavy atom. The molecule has 0 unspecified atom stereocenters. The summed E-state index contributed by atoms with van der Waals surface area (Å²) in [5, 5.41) is 18.7. The van der Waals surface area contributed by atoms with E-state index in [1.54, 1.807) is 16.8 Å². The van der Waals surface area contributed by atoms with Crippen molar-refractivity contribution in [2.75, 3.05) is 18.4 Å². The van der Waals surface area contributed by atoms with E-state index in [-0.39, 0.29) is 5.91 Å². The van der Waals surface area contributed by atoms with Crippen LogP contribution in [0.15, 0.2) is 46.9 Å². The van der Waals surface area contributed by atoms with Crippen LogP contribution in [0.2, 0.25) is 0 Å². The Morgan fingerprint density at radius 3 is 2.62 bits per heavy atom. The quantitative estimate of drug-likeness (QED) is 0.605. The number of hydrogen-bond acceptors (Lipinski definition) is 5. The van der Waals surface area contributed by atoms with Gasteiger partial charge in [-0.2, -0.15) is 5.10 Å². The topological polar surface area (TPSA) is 84.7 Å². The maximum absolute atomic E-state index is 12.0. The maximum Gasteiger partial charge on any atom is 0.251 e. The summed E-state index contributed by atoms with van der Waals surface area (Å²) in [7, 11) is 0. The highest BCUT2D eigenvalue weighted by Crippen LogP contribution is 2.12. The van der Waals surface area contributed by atoms with Crippen molar-refractivity contribution in [1.82, 2.24) is 25.3 Å². The minimum absolute atomic E-state index is 0.112. The van der Waals surface area contributed by atoms with Crippen LogP contribution in [0.1, 0.15) is 21.7 Å². The van der Waals surface area contributed by atoms with Crippen LogP contribution in [0.4, 0.5) is 5.82 Å². The van der Waals surface area contributed by atoms with Gasteiger partial charge in [0.2, 0.25) is 0 Å². The minimum Gasteiger partial charge on any atom is -0.367 e. The molecule has 0 saturated heterocycles. The molecular weight excluding hydrogens is 396 g/mol. The number of carbonyl (C=O) groups excluding carboxylic acids is 1. The molecule has 0 aliphatic rings. The largest absolute Gasteiger partial charge is 0.367 e. The summed E-state index contributed by atoms with van der Waals surface area (Å²) in [4.78, 5) is 12.0. The number of anilines is 1. The zero-order valence-corrected chi connectivity index (χ0v) is 16.1. The first-order valence-corrected chi connectivity index (χ1v) is 8.97. The number of hydrogen-bond donors (Lipinski definition) is 2. The molecule has 2 heterocycles. The lowest BCUT2D eigenvalue weighted by Crippen LogP contribution is -2.28. The van der Waals surface area contributed by atoms with Crippen LogP contribution < -0.4 is 10.6 Å². The van der Waals surface area contributed by atoms with E-state index in [1.807, 2.05) is 44.2 Å². The Morgan fingerprint density at radius 1 is 1.12 bits per heavy atom. The Balaban J connectivity index is 1.49. The molecule has 2 aromatic heterocycles. The third-order valence-electron chi connectivity index (χ3n) is 3.68. The SMILES string of the molecule is Cc1cc(C)n(-c2ccc(NCCNC(=O)c3cccc(Br)c3)nn2)n1. The standard InChI is InChI=1S/C18H19BrN6O/c1-12-10-13(2)25(24-12)17-7-6-16(22-23-17)20-8-9-21-18(26)14-4-3-5-15(19)11-14/h3-7,10-11H,8-9H2,1-2H3,(H,20,22)(H,21,26). The van der Waals surface area contributed by atoms with Crippen molar-refractivity contribution in [2.45, 2.75) is 13.8 Å². The number of nitrogens with one attached hydrogen (secondary N) is 2. The van der Waals surface area contributed by atoms with Gasteiger partial charge in [-0.3, -0.25) is 4.79 Å². The summed E-state index contributed by atoms with van der Waals surface area (Å²) in [6.45, 7) is 4.94. The van der Waals surface area contributed by atoms with Gasteiger partial charge in [-0.1, -0.05) is 22.0 Å². The predicted octanol–water partition coefficient (Wildman–Crippen LogP) is 2.88. The zero-order valence-electron chi connectivity index (χ0n) is 14.5. The van der Waals surface area contributed by atoms with Crippen LogP contribution in [0, 0.1) is 13.8 Å². The number of benzene rings is 1. The van der Waals surface area contributed by atoms with E-state index < -0.39 is 0 Å². The van der Waals surface area contributed by atoms with Gasteiger partial charge >= 0.3 is 0 Å². The number of rotatable bonds is 6. The molecule has 0 radical (unpaired) electrons. The maximum atomic E-state index is 12.0. The number of halogens is 1. The first kappa shape index (κ1) is 18.1. The monoisotopic (exact) mass is 414 g/mol. The number of aryl methyl sites for hydroxylation is 2. The van der Waals surface area contributed by atoms with Crippen molar-refractivity contribution in [3.8, 4) is 5.82 Å². The van der Waals surface area contributed by atoms with Gasteiger partial charge in [0.15, 0.2) is 5.82 Å². The Kier molecular flexibility index (Phi) is 5.62. The van der Waals surface area contributed by atoms with Crippen LogP contribution in [0.5, 0.6) is 0 Å². The molecule has 0 fully saturated rings. The molecule has 0 saturated carbocycles. The van der Waals surface area contributed by atoms with Crippen molar-refractivity contribution >= 4 is 27.7 Å². The summed E-state index contributed by atoms with van der Waals surface area (Å²) in [6.07, 6.45) is 0. The Hall–Kier alpha value is -2.74. The van der Waals surface area contributed by atoms with Crippen molar-refractivity contribution in [3.63, 3.8) is 0 Å². The van der Waals surface area contributed by atoms with Crippen molar-refractivity contribution < 1.29 is 4.79 Å². The molecular formula is C18H19BrN6O. The molecule has 0 spiro atoms. The van der Waals surface area contributed by atoms with E-state index in [0.29, 0.717) is 30.3 Å². The Bertz CT molecular complexity index is 906. The van der Waals surface area contributed by atoms with Gasteiger partial charge < -0.3 is 10.6 Å². The second kappa shape index (κ2) is 8.09. The number of carbonyl (C=O) groups is 1. The van der Waals surface area contributed by atoms with Crippen molar-refractivity contribution in [1.29, 1.82) is 0 Å². The third-order valence-corrected chi connectivity index (χ3v) is 4.17. The fourth-order valence-electron chi connectivity index (χ4n) is 2.49. The normalized spacial score (nSPS) is 10.6. The van der Waals surface area contributed by atoms with E-state index >= 15 is 0 Å². The third kappa shape index (κ3) is 4.45. The van der Waals surface area contributed by atoms with Gasteiger partial charge in [-0.25, -0.2) is 4.68 Å². The van der Waals surface area contributed by atoms with Crippen molar-refractivity contribution in [2.24, 2.45) is 0 Å².